The summed E-state index contributed by atoms with van der Waals surface area (Å²) in [4.78, 5) is 13.5. The molecular weight excluding hydrogens is 347 g/mol. The molecule has 0 fully saturated rings. The predicted octanol–water partition coefficient (Wildman–Crippen LogP) is 1.87. The zero-order chi connectivity index (χ0) is 20.0. The first-order valence-corrected chi connectivity index (χ1v) is 8.91. The van der Waals surface area contributed by atoms with Crippen molar-refractivity contribution in [1.82, 2.24) is 5.32 Å². The van der Waals surface area contributed by atoms with E-state index in [1.807, 2.05) is 33.0 Å². The number of hydrogen-bond acceptors (Lipinski definition) is 3. The summed E-state index contributed by atoms with van der Waals surface area (Å²) in [5.74, 6) is 1.05. The molecule has 0 heterocycles. The van der Waals surface area contributed by atoms with Crippen molar-refractivity contribution in [3.63, 3.8) is 0 Å². The highest BCUT2D eigenvalue weighted by Crippen LogP contribution is 2.29. The molecule has 5 nitrogen and oxygen atoms in total. The van der Waals surface area contributed by atoms with Gasteiger partial charge in [0, 0.05) is 12.1 Å². The van der Waals surface area contributed by atoms with E-state index in [0.717, 1.165) is 21.6 Å². The summed E-state index contributed by atoms with van der Waals surface area (Å²) >= 11 is 0. The fourth-order valence-corrected chi connectivity index (χ4v) is 2.83. The first-order chi connectivity index (χ1) is 12.8. The van der Waals surface area contributed by atoms with Gasteiger partial charge >= 0.3 is 0 Å². The van der Waals surface area contributed by atoms with Gasteiger partial charge in [0.25, 0.3) is 5.91 Å². The number of hydrogen-bond donors (Lipinski definition) is 2. The smallest absolute Gasteiger partial charge is 0.278 e. The second-order valence-corrected chi connectivity index (χ2v) is 6.72. The summed E-state index contributed by atoms with van der Waals surface area (Å²) in [5.41, 5.74) is 3.06. The highest BCUT2D eigenvalue weighted by Gasteiger charge is 2.23. The van der Waals surface area contributed by atoms with E-state index in [1.54, 1.807) is 26.4 Å². The Bertz CT molecular complexity index is 778. The number of rotatable bonds is 8. The minimum absolute atomic E-state index is 0.0463. The maximum absolute atomic E-state index is 13.0. The molecule has 146 valence electrons. The van der Waals surface area contributed by atoms with Gasteiger partial charge in [-0.05, 0) is 49.2 Å². The maximum atomic E-state index is 13.0. The largest absolute Gasteiger partial charge is 0.493 e. The van der Waals surface area contributed by atoms with Crippen LogP contribution in [0, 0.1) is 12.7 Å². The Hall–Kier alpha value is -2.60. The lowest BCUT2D eigenvalue weighted by Crippen LogP contribution is -3.12. The number of amides is 1. The molecule has 1 unspecified atom stereocenters. The van der Waals surface area contributed by atoms with Gasteiger partial charge in [-0.1, -0.05) is 12.1 Å². The number of likely N-dealkylation sites (N-methyl/N-ethyl adjacent to an activating group) is 1. The van der Waals surface area contributed by atoms with Crippen molar-refractivity contribution < 1.29 is 23.6 Å². The van der Waals surface area contributed by atoms with E-state index in [9.17, 15) is 9.18 Å². The van der Waals surface area contributed by atoms with Crippen LogP contribution in [0.4, 0.5) is 4.39 Å². The second-order valence-electron chi connectivity index (χ2n) is 6.72. The second kappa shape index (κ2) is 9.37. The predicted molar refractivity (Wildman–Crippen MR) is 103 cm³/mol. The Balaban J connectivity index is 1.99. The number of aryl methyl sites for hydroxylation is 1. The molecular formula is C21H28FN2O3+. The minimum Gasteiger partial charge on any atom is -0.493 e. The monoisotopic (exact) mass is 375 g/mol. The summed E-state index contributed by atoms with van der Waals surface area (Å²) < 4.78 is 23.7. The van der Waals surface area contributed by atoms with Gasteiger partial charge < -0.3 is 19.7 Å². The van der Waals surface area contributed by atoms with Crippen LogP contribution in [0.2, 0.25) is 0 Å². The average Bonchev–Trinajstić information content (AvgIpc) is 2.67. The van der Waals surface area contributed by atoms with Crippen molar-refractivity contribution in [3.8, 4) is 11.5 Å². The van der Waals surface area contributed by atoms with E-state index in [4.69, 9.17) is 9.47 Å². The summed E-state index contributed by atoms with van der Waals surface area (Å²) in [6.45, 7) is 4.97. The molecule has 0 radical (unpaired) electrons. The molecule has 0 aliphatic carbocycles. The summed E-state index contributed by atoms with van der Waals surface area (Å²) in [5, 5.41) is 2.91. The number of benzene rings is 2. The van der Waals surface area contributed by atoms with Gasteiger partial charge in [0.1, 0.15) is 12.4 Å². The van der Waals surface area contributed by atoms with Crippen molar-refractivity contribution in [2.75, 3.05) is 21.3 Å². The van der Waals surface area contributed by atoms with Crippen molar-refractivity contribution in [2.45, 2.75) is 33.0 Å². The maximum Gasteiger partial charge on any atom is 0.278 e. The van der Waals surface area contributed by atoms with Crippen LogP contribution in [0.5, 0.6) is 11.5 Å². The van der Waals surface area contributed by atoms with E-state index in [-0.39, 0.29) is 17.8 Å². The zero-order valence-electron chi connectivity index (χ0n) is 16.6. The fraction of sp³-hybridized carbons (Fsp3) is 0.381. The SMILES string of the molecule is COc1cc(C)c(C[NH+](C)[C@@H](C)C(=O)NCc2ccc(F)cc2)cc1OC. The van der Waals surface area contributed by atoms with Crippen LogP contribution < -0.4 is 19.7 Å². The molecule has 2 aromatic carbocycles. The van der Waals surface area contributed by atoms with Gasteiger partial charge in [0.05, 0.1) is 21.3 Å². The summed E-state index contributed by atoms with van der Waals surface area (Å²) in [6, 6.07) is 9.79. The normalized spacial score (nSPS) is 13.0. The molecule has 0 bridgehead atoms. The highest BCUT2D eigenvalue weighted by atomic mass is 19.1. The third kappa shape index (κ3) is 5.44. The standard InChI is InChI=1S/C21H27FN2O3/c1-14-10-19(26-4)20(27-5)11-17(14)13-24(3)15(2)21(25)23-12-16-6-8-18(22)9-7-16/h6-11,15H,12-13H2,1-5H3,(H,23,25)/p+1/t15-/m0/s1. The van der Waals surface area contributed by atoms with Crippen molar-refractivity contribution in [3.05, 3.63) is 58.9 Å². The first kappa shape index (κ1) is 20.7. The molecule has 1 amide bonds. The Morgan fingerprint density at radius 3 is 2.33 bits per heavy atom. The van der Waals surface area contributed by atoms with Gasteiger partial charge in [0.15, 0.2) is 17.5 Å². The molecule has 0 aromatic heterocycles. The number of carbonyl (C=O) groups excluding carboxylic acids is 1. The molecule has 0 saturated heterocycles. The van der Waals surface area contributed by atoms with Crippen LogP contribution in [-0.4, -0.2) is 33.2 Å². The van der Waals surface area contributed by atoms with E-state index in [2.05, 4.69) is 5.32 Å². The molecule has 0 spiro atoms. The van der Waals surface area contributed by atoms with Crippen LogP contribution in [0.25, 0.3) is 0 Å². The lowest BCUT2D eigenvalue weighted by atomic mass is 10.1. The number of nitrogens with one attached hydrogen (secondary N) is 2. The van der Waals surface area contributed by atoms with Crippen LogP contribution in [-0.2, 0) is 17.9 Å². The quantitative estimate of drug-likeness (QED) is 0.741. The molecule has 2 aromatic rings. The van der Waals surface area contributed by atoms with Crippen LogP contribution in [0.15, 0.2) is 36.4 Å². The van der Waals surface area contributed by atoms with Gasteiger partial charge in [-0.15, -0.1) is 0 Å². The van der Waals surface area contributed by atoms with Crippen LogP contribution in [0.1, 0.15) is 23.6 Å². The van der Waals surface area contributed by atoms with Gasteiger partial charge in [-0.25, -0.2) is 4.39 Å². The van der Waals surface area contributed by atoms with Crippen LogP contribution in [0.3, 0.4) is 0 Å². The van der Waals surface area contributed by atoms with Gasteiger partial charge in [-0.3, -0.25) is 4.79 Å². The fourth-order valence-electron chi connectivity index (χ4n) is 2.83. The molecule has 27 heavy (non-hydrogen) atoms. The Morgan fingerprint density at radius 2 is 1.74 bits per heavy atom. The zero-order valence-corrected chi connectivity index (χ0v) is 16.6. The van der Waals surface area contributed by atoms with E-state index in [1.165, 1.54) is 12.1 Å². The number of methoxy groups -OCH3 is 2. The number of ether oxygens (including phenoxy) is 2. The van der Waals surface area contributed by atoms with Crippen molar-refractivity contribution in [2.24, 2.45) is 0 Å². The van der Waals surface area contributed by atoms with Crippen molar-refractivity contribution in [1.29, 1.82) is 0 Å². The van der Waals surface area contributed by atoms with E-state index < -0.39 is 0 Å². The Labute approximate surface area is 160 Å². The summed E-state index contributed by atoms with van der Waals surface area (Å²) in [7, 11) is 5.21. The van der Waals surface area contributed by atoms with Gasteiger partial charge in [-0.2, -0.15) is 0 Å². The first-order valence-electron chi connectivity index (χ1n) is 8.91. The highest BCUT2D eigenvalue weighted by molar-refractivity contribution is 5.79. The number of quaternary nitrogens is 1. The topological polar surface area (TPSA) is 52.0 Å². The third-order valence-corrected chi connectivity index (χ3v) is 4.82. The lowest BCUT2D eigenvalue weighted by molar-refractivity contribution is -0.908. The van der Waals surface area contributed by atoms with Crippen LogP contribution >= 0.6 is 0 Å². The van der Waals surface area contributed by atoms with E-state index >= 15 is 0 Å². The number of carbonyl (C=O) groups is 1. The molecule has 0 aliphatic rings. The molecule has 6 heteroatoms. The molecule has 0 saturated carbocycles. The molecule has 2 atom stereocenters. The average molecular weight is 375 g/mol. The molecule has 0 aliphatic heterocycles. The Morgan fingerprint density at radius 1 is 1.15 bits per heavy atom. The van der Waals surface area contributed by atoms with E-state index in [0.29, 0.717) is 24.6 Å². The van der Waals surface area contributed by atoms with Gasteiger partial charge in [0.2, 0.25) is 0 Å². The Kier molecular flexibility index (Phi) is 7.19. The minimum atomic E-state index is -0.284. The number of halogens is 1. The molecule has 2 rings (SSSR count). The summed E-state index contributed by atoms with van der Waals surface area (Å²) in [6.07, 6.45) is 0. The molecule has 2 N–H and O–H groups in total. The lowest BCUT2D eigenvalue weighted by Gasteiger charge is -2.22. The third-order valence-electron chi connectivity index (χ3n) is 4.82. The van der Waals surface area contributed by atoms with Crippen molar-refractivity contribution >= 4 is 5.91 Å².